The minimum atomic E-state index is -0.532. The van der Waals surface area contributed by atoms with Crippen LogP contribution in [-0.4, -0.2) is 33.5 Å². The third-order valence-corrected chi connectivity index (χ3v) is 6.19. The molecule has 0 unspecified atom stereocenters. The largest absolute Gasteiger partial charge is 0.350 e. The van der Waals surface area contributed by atoms with Crippen molar-refractivity contribution in [2.24, 2.45) is 0 Å². The molecule has 0 bridgehead atoms. The van der Waals surface area contributed by atoms with Gasteiger partial charge in [0.1, 0.15) is 6.04 Å². The van der Waals surface area contributed by atoms with Crippen LogP contribution >= 0.6 is 11.8 Å². The van der Waals surface area contributed by atoms with E-state index in [1.54, 1.807) is 29.1 Å². The Hall–Kier alpha value is -3.12. The third-order valence-electron chi connectivity index (χ3n) is 5.11. The quantitative estimate of drug-likeness (QED) is 0.608. The summed E-state index contributed by atoms with van der Waals surface area (Å²) in [5.41, 5.74) is 3.79. The van der Waals surface area contributed by atoms with Gasteiger partial charge in [0.05, 0.1) is 0 Å². The molecule has 0 saturated heterocycles. The van der Waals surface area contributed by atoms with Crippen molar-refractivity contribution in [3.63, 3.8) is 0 Å². The van der Waals surface area contributed by atoms with Gasteiger partial charge in [0.15, 0.2) is 0 Å². The Kier molecular flexibility index (Phi) is 6.44. The predicted molar refractivity (Wildman–Crippen MR) is 119 cm³/mol. The summed E-state index contributed by atoms with van der Waals surface area (Å²) in [6.07, 6.45) is 3.44. The highest BCUT2D eigenvalue weighted by Gasteiger charge is 2.36. The highest BCUT2D eigenvalue weighted by Crippen LogP contribution is 2.26. The van der Waals surface area contributed by atoms with Crippen molar-refractivity contribution in [2.45, 2.75) is 24.9 Å². The number of carbonyl (C=O) groups excluding carboxylic acids is 2. The molecule has 0 spiro atoms. The second-order valence-electron chi connectivity index (χ2n) is 7.19. The summed E-state index contributed by atoms with van der Waals surface area (Å²) < 4.78 is 0. The van der Waals surface area contributed by atoms with Crippen molar-refractivity contribution in [2.75, 3.05) is 5.75 Å². The van der Waals surface area contributed by atoms with Crippen LogP contribution in [0.5, 0.6) is 0 Å². The van der Waals surface area contributed by atoms with Crippen molar-refractivity contribution in [1.82, 2.24) is 15.2 Å². The van der Waals surface area contributed by atoms with Crippen molar-refractivity contribution in [3.8, 4) is 0 Å². The molecule has 30 heavy (non-hydrogen) atoms. The Morgan fingerprint density at radius 2 is 1.80 bits per heavy atom. The Balaban J connectivity index is 1.46. The van der Waals surface area contributed by atoms with Gasteiger partial charge in [0.25, 0.3) is 5.91 Å². The van der Waals surface area contributed by atoms with E-state index in [-0.39, 0.29) is 11.8 Å². The van der Waals surface area contributed by atoms with Crippen LogP contribution in [0.15, 0.2) is 79.1 Å². The van der Waals surface area contributed by atoms with Crippen LogP contribution in [0.2, 0.25) is 0 Å². The molecular formula is C24H23N3O2S. The third kappa shape index (κ3) is 4.71. The topological polar surface area (TPSA) is 62.3 Å². The van der Waals surface area contributed by atoms with Gasteiger partial charge in [-0.2, -0.15) is 11.8 Å². The average molecular weight is 418 g/mol. The first-order valence-electron chi connectivity index (χ1n) is 9.89. The van der Waals surface area contributed by atoms with Gasteiger partial charge in [-0.05, 0) is 28.8 Å². The monoisotopic (exact) mass is 417 g/mol. The average Bonchev–Trinajstić information content (AvgIpc) is 3.13. The SMILES string of the molecule is O=C(NCc1cccnc1)[C@H](CSCc1ccccc1)N1Cc2ccccc2C1=O. The zero-order valence-corrected chi connectivity index (χ0v) is 17.3. The maximum atomic E-state index is 13.1. The first kappa shape index (κ1) is 20.2. The number of hydrogen-bond donors (Lipinski definition) is 1. The number of fused-ring (bicyclic) bond motifs is 1. The first-order chi connectivity index (χ1) is 14.7. The van der Waals surface area contributed by atoms with E-state index in [1.807, 2.05) is 54.6 Å². The highest BCUT2D eigenvalue weighted by molar-refractivity contribution is 7.98. The molecule has 1 N–H and O–H groups in total. The van der Waals surface area contributed by atoms with Gasteiger partial charge >= 0.3 is 0 Å². The molecule has 2 aromatic carbocycles. The van der Waals surface area contributed by atoms with Gasteiger partial charge in [0, 0.05) is 42.6 Å². The van der Waals surface area contributed by atoms with Gasteiger partial charge in [-0.1, -0.05) is 54.6 Å². The van der Waals surface area contributed by atoms with Crippen LogP contribution in [0.1, 0.15) is 27.0 Å². The van der Waals surface area contributed by atoms with E-state index in [2.05, 4.69) is 22.4 Å². The van der Waals surface area contributed by atoms with Crippen LogP contribution in [0, 0.1) is 0 Å². The predicted octanol–water partition coefficient (Wildman–Crippen LogP) is 3.66. The number of hydrogen-bond acceptors (Lipinski definition) is 4. The van der Waals surface area contributed by atoms with Gasteiger partial charge in [-0.25, -0.2) is 0 Å². The van der Waals surface area contributed by atoms with Gasteiger partial charge < -0.3 is 10.2 Å². The molecule has 1 aliphatic heterocycles. The summed E-state index contributed by atoms with van der Waals surface area (Å²) in [7, 11) is 0. The molecule has 0 aliphatic carbocycles. The lowest BCUT2D eigenvalue weighted by atomic mass is 10.1. The summed E-state index contributed by atoms with van der Waals surface area (Å²) in [6.45, 7) is 0.855. The molecule has 0 fully saturated rings. The maximum absolute atomic E-state index is 13.1. The fraction of sp³-hybridized carbons (Fsp3) is 0.208. The first-order valence-corrected chi connectivity index (χ1v) is 11.0. The normalized spacial score (nSPS) is 13.7. The van der Waals surface area contributed by atoms with Crippen LogP contribution in [0.4, 0.5) is 0 Å². The van der Waals surface area contributed by atoms with Crippen LogP contribution in [0.3, 0.4) is 0 Å². The molecule has 2 heterocycles. The molecule has 1 aromatic heterocycles. The molecule has 3 aromatic rings. The summed E-state index contributed by atoms with van der Waals surface area (Å²) in [5.74, 6) is 1.11. The fourth-order valence-corrected chi connectivity index (χ4v) is 4.61. The molecule has 2 amide bonds. The Bertz CT molecular complexity index is 1010. The molecule has 5 nitrogen and oxygen atoms in total. The lowest BCUT2D eigenvalue weighted by Crippen LogP contribution is -2.48. The molecule has 6 heteroatoms. The van der Waals surface area contributed by atoms with E-state index in [0.717, 1.165) is 16.9 Å². The van der Waals surface area contributed by atoms with E-state index < -0.39 is 6.04 Å². The summed E-state index contributed by atoms with van der Waals surface area (Å²) in [4.78, 5) is 31.9. The van der Waals surface area contributed by atoms with Crippen LogP contribution in [0.25, 0.3) is 0 Å². The number of aromatic nitrogens is 1. The minimum absolute atomic E-state index is 0.0764. The molecular weight excluding hydrogens is 394 g/mol. The van der Waals surface area contributed by atoms with E-state index in [0.29, 0.717) is 24.4 Å². The van der Waals surface area contributed by atoms with Crippen LogP contribution < -0.4 is 5.32 Å². The second-order valence-corrected chi connectivity index (χ2v) is 8.22. The van der Waals surface area contributed by atoms with Crippen molar-refractivity contribution in [1.29, 1.82) is 0 Å². The van der Waals surface area contributed by atoms with Gasteiger partial charge in [-0.15, -0.1) is 0 Å². The smallest absolute Gasteiger partial charge is 0.255 e. The zero-order chi connectivity index (χ0) is 20.8. The molecule has 152 valence electrons. The lowest BCUT2D eigenvalue weighted by molar-refractivity contribution is -0.125. The number of amides is 2. The highest BCUT2D eigenvalue weighted by atomic mass is 32.2. The standard InChI is InChI=1S/C24H23N3O2S/c28-23(26-14-19-9-6-12-25-13-19)22(17-30-16-18-7-2-1-3-8-18)27-15-20-10-4-5-11-21(20)24(27)29/h1-13,22H,14-17H2,(H,26,28)/t22-/m0/s1. The lowest BCUT2D eigenvalue weighted by Gasteiger charge is -2.27. The minimum Gasteiger partial charge on any atom is -0.350 e. The van der Waals surface area contributed by atoms with Gasteiger partial charge in [-0.3, -0.25) is 14.6 Å². The molecule has 4 rings (SSSR count). The number of benzene rings is 2. The Morgan fingerprint density at radius 1 is 1.03 bits per heavy atom. The van der Waals surface area contributed by atoms with E-state index in [1.165, 1.54) is 5.56 Å². The summed E-state index contributed by atoms with van der Waals surface area (Å²) >= 11 is 1.66. The summed E-state index contributed by atoms with van der Waals surface area (Å²) in [5, 5.41) is 2.99. The Labute approximate surface area is 180 Å². The van der Waals surface area contributed by atoms with E-state index in [4.69, 9.17) is 0 Å². The van der Waals surface area contributed by atoms with Gasteiger partial charge in [0.2, 0.25) is 5.91 Å². The maximum Gasteiger partial charge on any atom is 0.255 e. The number of nitrogens with one attached hydrogen (secondary N) is 1. The number of carbonyl (C=O) groups is 2. The van der Waals surface area contributed by atoms with Crippen molar-refractivity contribution >= 4 is 23.6 Å². The zero-order valence-electron chi connectivity index (χ0n) is 16.5. The van der Waals surface area contributed by atoms with E-state index in [9.17, 15) is 9.59 Å². The molecule has 0 radical (unpaired) electrons. The molecule has 0 saturated carbocycles. The van der Waals surface area contributed by atoms with Crippen LogP contribution in [-0.2, 0) is 23.6 Å². The van der Waals surface area contributed by atoms with Crippen molar-refractivity contribution in [3.05, 3.63) is 101 Å². The second kappa shape index (κ2) is 9.59. The number of rotatable bonds is 8. The van der Waals surface area contributed by atoms with E-state index >= 15 is 0 Å². The number of thioether (sulfide) groups is 1. The molecule has 1 atom stereocenters. The number of pyridine rings is 1. The molecule has 1 aliphatic rings. The fourth-order valence-electron chi connectivity index (χ4n) is 3.51. The van der Waals surface area contributed by atoms with Crippen molar-refractivity contribution < 1.29 is 9.59 Å². The number of nitrogens with zero attached hydrogens (tertiary/aromatic N) is 2. The summed E-state index contributed by atoms with van der Waals surface area (Å²) in [6, 6.07) is 21.0. The Morgan fingerprint density at radius 3 is 2.57 bits per heavy atom.